The number of carbonyl (C=O) groups is 2. The molecule has 3 aromatic carbocycles. The summed E-state index contributed by atoms with van der Waals surface area (Å²) in [5, 5.41) is 5.22. The van der Waals surface area contributed by atoms with E-state index in [0.29, 0.717) is 6.42 Å². The number of aryl methyl sites for hydroxylation is 1. The number of amides is 2. The van der Waals surface area contributed by atoms with E-state index in [-0.39, 0.29) is 30.6 Å². The maximum Gasteiger partial charge on any atom is 0.242 e. The Labute approximate surface area is 189 Å². The molecule has 168 valence electrons. The Morgan fingerprint density at radius 2 is 1.62 bits per heavy atom. The van der Waals surface area contributed by atoms with Crippen LogP contribution in [0.5, 0.6) is 0 Å². The standard InChI is InChI=1S/C27H31FN2O2/c1-19(26(32)29-27(2,3)4)30(18-20-12-15-23(28)16-13-20)25(31)17-14-22-10-7-9-21-8-5-6-11-24(21)22/h5-13,15-16,19H,14,17-18H2,1-4H3,(H,29,32)/t19-/m0/s1. The number of nitrogens with zero attached hydrogens (tertiary/aromatic N) is 1. The van der Waals surface area contributed by atoms with Gasteiger partial charge in [-0.05, 0) is 68.1 Å². The maximum atomic E-state index is 13.3. The van der Waals surface area contributed by atoms with E-state index in [0.717, 1.165) is 21.9 Å². The van der Waals surface area contributed by atoms with E-state index in [1.165, 1.54) is 12.1 Å². The van der Waals surface area contributed by atoms with Crippen molar-refractivity contribution in [2.24, 2.45) is 0 Å². The van der Waals surface area contributed by atoms with E-state index in [1.807, 2.05) is 45.0 Å². The van der Waals surface area contributed by atoms with Gasteiger partial charge in [0, 0.05) is 18.5 Å². The molecule has 0 aliphatic carbocycles. The molecule has 0 aliphatic rings. The van der Waals surface area contributed by atoms with Crippen LogP contribution in [-0.2, 0) is 22.6 Å². The second kappa shape index (κ2) is 9.94. The van der Waals surface area contributed by atoms with Crippen molar-refractivity contribution in [2.45, 2.75) is 58.7 Å². The number of nitrogens with one attached hydrogen (secondary N) is 1. The molecule has 0 saturated carbocycles. The number of carbonyl (C=O) groups excluding carboxylic acids is 2. The number of hydrogen-bond donors (Lipinski definition) is 1. The van der Waals surface area contributed by atoms with Crippen molar-refractivity contribution < 1.29 is 14.0 Å². The minimum absolute atomic E-state index is 0.112. The predicted octanol–water partition coefficient (Wildman–Crippen LogP) is 5.24. The van der Waals surface area contributed by atoms with Gasteiger partial charge in [0.25, 0.3) is 0 Å². The van der Waals surface area contributed by atoms with E-state index < -0.39 is 11.6 Å². The Morgan fingerprint density at radius 3 is 2.31 bits per heavy atom. The van der Waals surface area contributed by atoms with Gasteiger partial charge in [0.05, 0.1) is 0 Å². The Kier molecular flexibility index (Phi) is 7.29. The molecule has 1 N–H and O–H groups in total. The van der Waals surface area contributed by atoms with Gasteiger partial charge in [-0.1, -0.05) is 54.6 Å². The lowest BCUT2D eigenvalue weighted by molar-refractivity contribution is -0.141. The lowest BCUT2D eigenvalue weighted by Crippen LogP contribution is -2.52. The van der Waals surface area contributed by atoms with Crippen LogP contribution in [0.4, 0.5) is 4.39 Å². The zero-order valence-corrected chi connectivity index (χ0v) is 19.2. The first-order valence-electron chi connectivity index (χ1n) is 11.0. The minimum Gasteiger partial charge on any atom is -0.350 e. The third kappa shape index (κ3) is 6.16. The number of fused-ring (bicyclic) bond motifs is 1. The molecule has 0 radical (unpaired) electrons. The van der Waals surface area contributed by atoms with Crippen molar-refractivity contribution in [1.82, 2.24) is 10.2 Å². The van der Waals surface area contributed by atoms with Crippen LogP contribution in [0.15, 0.2) is 66.7 Å². The summed E-state index contributed by atoms with van der Waals surface area (Å²) in [6, 6.07) is 19.6. The second-order valence-corrected chi connectivity index (χ2v) is 9.20. The molecule has 4 nitrogen and oxygen atoms in total. The fourth-order valence-electron chi connectivity index (χ4n) is 3.74. The van der Waals surface area contributed by atoms with E-state index >= 15 is 0 Å². The molecule has 0 unspecified atom stereocenters. The maximum absolute atomic E-state index is 13.3. The van der Waals surface area contributed by atoms with Crippen LogP contribution in [0.25, 0.3) is 10.8 Å². The fraction of sp³-hybridized carbons (Fsp3) is 0.333. The number of rotatable bonds is 7. The molecule has 3 rings (SSSR count). The lowest BCUT2D eigenvalue weighted by Gasteiger charge is -2.31. The third-order valence-corrected chi connectivity index (χ3v) is 5.42. The van der Waals surface area contributed by atoms with Crippen LogP contribution in [-0.4, -0.2) is 28.3 Å². The molecule has 3 aromatic rings. The lowest BCUT2D eigenvalue weighted by atomic mass is 10.0. The first kappa shape index (κ1) is 23.5. The summed E-state index contributed by atoms with van der Waals surface area (Å²) in [6.45, 7) is 7.70. The van der Waals surface area contributed by atoms with Gasteiger partial charge < -0.3 is 10.2 Å². The van der Waals surface area contributed by atoms with Gasteiger partial charge in [-0.25, -0.2) is 4.39 Å². The predicted molar refractivity (Wildman–Crippen MR) is 127 cm³/mol. The second-order valence-electron chi connectivity index (χ2n) is 9.20. The summed E-state index contributed by atoms with van der Waals surface area (Å²) in [4.78, 5) is 27.7. The van der Waals surface area contributed by atoms with Gasteiger partial charge in [-0.3, -0.25) is 9.59 Å². The summed E-state index contributed by atoms with van der Waals surface area (Å²) in [6.07, 6.45) is 0.857. The van der Waals surface area contributed by atoms with E-state index in [9.17, 15) is 14.0 Å². The van der Waals surface area contributed by atoms with Crippen LogP contribution >= 0.6 is 0 Å². The molecule has 0 aromatic heterocycles. The van der Waals surface area contributed by atoms with Crippen molar-refractivity contribution in [2.75, 3.05) is 0 Å². The molecule has 5 heteroatoms. The normalized spacial score (nSPS) is 12.4. The van der Waals surface area contributed by atoms with Gasteiger partial charge >= 0.3 is 0 Å². The molecule has 0 heterocycles. The highest BCUT2D eigenvalue weighted by Crippen LogP contribution is 2.21. The quantitative estimate of drug-likeness (QED) is 0.553. The summed E-state index contributed by atoms with van der Waals surface area (Å²) in [7, 11) is 0. The fourth-order valence-corrected chi connectivity index (χ4v) is 3.74. The molecule has 32 heavy (non-hydrogen) atoms. The van der Waals surface area contributed by atoms with Crippen molar-refractivity contribution in [1.29, 1.82) is 0 Å². The summed E-state index contributed by atoms with van der Waals surface area (Å²) in [5.41, 5.74) is 1.48. The van der Waals surface area contributed by atoms with Crippen molar-refractivity contribution in [3.63, 3.8) is 0 Å². The molecule has 2 amide bonds. The highest BCUT2D eigenvalue weighted by molar-refractivity contribution is 5.89. The third-order valence-electron chi connectivity index (χ3n) is 5.42. The van der Waals surface area contributed by atoms with Crippen LogP contribution in [0.1, 0.15) is 45.2 Å². The Morgan fingerprint density at radius 1 is 0.969 bits per heavy atom. The molecule has 0 fully saturated rings. The van der Waals surface area contributed by atoms with Gasteiger partial charge in [-0.2, -0.15) is 0 Å². The van der Waals surface area contributed by atoms with E-state index in [2.05, 4.69) is 23.5 Å². The van der Waals surface area contributed by atoms with Gasteiger partial charge in [0.15, 0.2) is 0 Å². The number of hydrogen-bond acceptors (Lipinski definition) is 2. The van der Waals surface area contributed by atoms with Crippen molar-refractivity contribution >= 4 is 22.6 Å². The van der Waals surface area contributed by atoms with E-state index in [4.69, 9.17) is 0 Å². The Bertz CT molecular complexity index is 1080. The molecule has 1 atom stereocenters. The monoisotopic (exact) mass is 434 g/mol. The first-order chi connectivity index (χ1) is 15.1. The van der Waals surface area contributed by atoms with Gasteiger partial charge in [0.1, 0.15) is 11.9 Å². The van der Waals surface area contributed by atoms with Crippen LogP contribution in [0.2, 0.25) is 0 Å². The van der Waals surface area contributed by atoms with Crippen LogP contribution in [0, 0.1) is 5.82 Å². The van der Waals surface area contributed by atoms with Gasteiger partial charge in [0.2, 0.25) is 11.8 Å². The molecule has 0 aliphatic heterocycles. The average molecular weight is 435 g/mol. The Hall–Kier alpha value is -3.21. The first-order valence-corrected chi connectivity index (χ1v) is 11.0. The van der Waals surface area contributed by atoms with Gasteiger partial charge in [-0.15, -0.1) is 0 Å². The number of benzene rings is 3. The zero-order chi connectivity index (χ0) is 23.3. The smallest absolute Gasteiger partial charge is 0.242 e. The molecule has 0 spiro atoms. The summed E-state index contributed by atoms with van der Waals surface area (Å²) < 4.78 is 13.3. The minimum atomic E-state index is -0.653. The SMILES string of the molecule is C[C@@H](C(=O)NC(C)(C)C)N(Cc1ccc(F)cc1)C(=O)CCc1cccc2ccccc12. The summed E-state index contributed by atoms with van der Waals surface area (Å²) in [5.74, 6) is -0.655. The van der Waals surface area contributed by atoms with Crippen molar-refractivity contribution in [3.05, 3.63) is 83.7 Å². The Balaban J connectivity index is 1.80. The topological polar surface area (TPSA) is 49.4 Å². The summed E-state index contributed by atoms with van der Waals surface area (Å²) >= 11 is 0. The zero-order valence-electron chi connectivity index (χ0n) is 19.2. The number of halogens is 1. The highest BCUT2D eigenvalue weighted by Gasteiger charge is 2.28. The molecular formula is C27H31FN2O2. The van der Waals surface area contributed by atoms with Crippen LogP contribution < -0.4 is 5.32 Å². The molecular weight excluding hydrogens is 403 g/mol. The van der Waals surface area contributed by atoms with Crippen LogP contribution in [0.3, 0.4) is 0 Å². The molecule has 0 saturated heterocycles. The van der Waals surface area contributed by atoms with Crippen molar-refractivity contribution in [3.8, 4) is 0 Å². The highest BCUT2D eigenvalue weighted by atomic mass is 19.1. The molecule has 0 bridgehead atoms. The average Bonchev–Trinajstić information content (AvgIpc) is 2.75. The largest absolute Gasteiger partial charge is 0.350 e. The van der Waals surface area contributed by atoms with E-state index in [1.54, 1.807) is 24.0 Å².